The lowest BCUT2D eigenvalue weighted by Crippen LogP contribution is -2.49. The third-order valence-electron chi connectivity index (χ3n) is 6.00. The van der Waals surface area contributed by atoms with Crippen molar-refractivity contribution in [1.29, 1.82) is 0 Å². The fourth-order valence-corrected chi connectivity index (χ4v) is 5.06. The molecule has 1 aromatic heterocycles. The summed E-state index contributed by atoms with van der Waals surface area (Å²) in [6.07, 6.45) is 3.03. The van der Waals surface area contributed by atoms with Crippen LogP contribution in [0.3, 0.4) is 0 Å². The molecule has 4 rings (SSSR count). The smallest absolute Gasteiger partial charge is 0.408 e. The second-order valence-electron chi connectivity index (χ2n) is 8.63. The Balaban J connectivity index is 1.48. The fraction of sp³-hybridized carbons (Fsp3) is 0.619. The molecule has 7 heteroatoms. The number of amides is 1. The Morgan fingerprint density at radius 3 is 2.71 bits per heavy atom. The van der Waals surface area contributed by atoms with Crippen molar-refractivity contribution in [1.82, 2.24) is 14.4 Å². The minimum absolute atomic E-state index is 0.00651. The van der Waals surface area contributed by atoms with Gasteiger partial charge in [0, 0.05) is 24.7 Å². The van der Waals surface area contributed by atoms with Crippen LogP contribution in [0.15, 0.2) is 27.4 Å². The van der Waals surface area contributed by atoms with E-state index in [0.29, 0.717) is 35.5 Å². The molecule has 1 amide bonds. The number of oxazole rings is 1. The quantitative estimate of drug-likeness (QED) is 0.785. The van der Waals surface area contributed by atoms with Crippen LogP contribution in [0, 0.1) is 11.8 Å². The zero-order valence-corrected chi connectivity index (χ0v) is 17.3. The van der Waals surface area contributed by atoms with E-state index >= 15 is 0 Å². The minimum atomic E-state index is -0.353. The molecule has 0 aliphatic carbocycles. The van der Waals surface area contributed by atoms with Gasteiger partial charge in [-0.3, -0.25) is 14.3 Å². The largest absolute Gasteiger partial charge is 0.420 e. The number of aromatic nitrogens is 1. The van der Waals surface area contributed by atoms with Crippen molar-refractivity contribution in [3.63, 3.8) is 0 Å². The number of likely N-dealkylation sites (tertiary alicyclic amines) is 2. The predicted molar refractivity (Wildman–Crippen MR) is 110 cm³/mol. The van der Waals surface area contributed by atoms with Crippen molar-refractivity contribution in [3.8, 4) is 0 Å². The van der Waals surface area contributed by atoms with E-state index in [1.807, 2.05) is 4.90 Å². The fourth-order valence-electron chi connectivity index (χ4n) is 4.90. The van der Waals surface area contributed by atoms with Crippen LogP contribution < -0.4 is 5.76 Å². The lowest BCUT2D eigenvalue weighted by atomic mass is 9.92. The van der Waals surface area contributed by atoms with Crippen molar-refractivity contribution in [2.45, 2.75) is 39.2 Å². The predicted octanol–water partition coefficient (Wildman–Crippen LogP) is 3.39. The molecule has 0 N–H and O–H groups in total. The lowest BCUT2D eigenvalue weighted by Gasteiger charge is -2.38. The van der Waals surface area contributed by atoms with Crippen molar-refractivity contribution in [3.05, 3.63) is 33.8 Å². The maximum atomic E-state index is 12.9. The number of piperidine rings is 2. The molecule has 0 radical (unpaired) electrons. The van der Waals surface area contributed by atoms with E-state index in [4.69, 9.17) is 16.0 Å². The van der Waals surface area contributed by atoms with Crippen LogP contribution in [-0.4, -0.2) is 53.0 Å². The Morgan fingerprint density at radius 2 is 1.96 bits per heavy atom. The number of hydrogen-bond donors (Lipinski definition) is 0. The first-order valence-corrected chi connectivity index (χ1v) is 10.6. The van der Waals surface area contributed by atoms with E-state index in [9.17, 15) is 9.59 Å². The summed E-state index contributed by atoms with van der Waals surface area (Å²) in [5.74, 6) is 0.963. The van der Waals surface area contributed by atoms with Crippen molar-refractivity contribution < 1.29 is 9.21 Å². The number of nitrogens with zero attached hydrogens (tertiary/aromatic N) is 3. The van der Waals surface area contributed by atoms with Gasteiger partial charge in [-0.05, 0) is 55.8 Å². The molecule has 6 nitrogen and oxygen atoms in total. The van der Waals surface area contributed by atoms with Gasteiger partial charge in [-0.2, -0.15) is 0 Å². The number of rotatable bonds is 3. The van der Waals surface area contributed by atoms with E-state index in [2.05, 4.69) is 18.7 Å². The molecule has 2 aromatic rings. The zero-order chi connectivity index (χ0) is 19.8. The van der Waals surface area contributed by atoms with Gasteiger partial charge in [0.2, 0.25) is 5.91 Å². The van der Waals surface area contributed by atoms with Gasteiger partial charge in [0.25, 0.3) is 0 Å². The Morgan fingerprint density at radius 1 is 1.21 bits per heavy atom. The molecule has 152 valence electrons. The number of halogens is 1. The van der Waals surface area contributed by atoms with E-state index in [1.165, 1.54) is 6.42 Å². The monoisotopic (exact) mass is 405 g/mol. The minimum Gasteiger partial charge on any atom is -0.408 e. The molecule has 2 aliphatic rings. The first kappa shape index (κ1) is 19.5. The molecular formula is C21H28ClN3O3. The van der Waals surface area contributed by atoms with Gasteiger partial charge >= 0.3 is 5.76 Å². The van der Waals surface area contributed by atoms with Gasteiger partial charge in [0.1, 0.15) is 0 Å². The van der Waals surface area contributed by atoms with Gasteiger partial charge in [-0.1, -0.05) is 25.4 Å². The number of benzene rings is 1. The van der Waals surface area contributed by atoms with Crippen LogP contribution in [-0.2, 0) is 4.79 Å². The molecule has 0 saturated carbocycles. The zero-order valence-electron chi connectivity index (χ0n) is 16.6. The van der Waals surface area contributed by atoms with Crippen LogP contribution in [0.5, 0.6) is 0 Å². The molecule has 0 spiro atoms. The summed E-state index contributed by atoms with van der Waals surface area (Å²) >= 11 is 6.13. The summed E-state index contributed by atoms with van der Waals surface area (Å²) in [5.41, 5.74) is 1.29. The first-order chi connectivity index (χ1) is 13.4. The SMILES string of the molecule is C[C@@H]1C[C@H](C)CN(C(=O)CN2CCC[C@H](n3c(=O)oc4ccc(Cl)cc43)C2)C1. The van der Waals surface area contributed by atoms with Gasteiger partial charge < -0.3 is 9.32 Å². The summed E-state index contributed by atoms with van der Waals surface area (Å²) in [5, 5.41) is 0.582. The Hall–Kier alpha value is -1.79. The van der Waals surface area contributed by atoms with Crippen LogP contribution in [0.25, 0.3) is 11.1 Å². The van der Waals surface area contributed by atoms with Crippen LogP contribution in [0.2, 0.25) is 5.02 Å². The standard InChI is InChI=1S/C21H28ClN3O3/c1-14-8-15(2)11-24(10-14)20(26)13-23-7-3-4-17(12-23)25-18-9-16(22)5-6-19(18)28-21(25)27/h5-6,9,14-15,17H,3-4,7-8,10-13H2,1-2H3/t14-,15+,17-/m0/s1. The maximum absolute atomic E-state index is 12.9. The van der Waals surface area contributed by atoms with Gasteiger partial charge in [-0.25, -0.2) is 4.79 Å². The third-order valence-corrected chi connectivity index (χ3v) is 6.24. The normalized spacial score (nSPS) is 26.7. The number of carbonyl (C=O) groups excluding carboxylic acids is 1. The molecule has 2 fully saturated rings. The highest BCUT2D eigenvalue weighted by molar-refractivity contribution is 6.31. The topological polar surface area (TPSA) is 58.7 Å². The van der Waals surface area contributed by atoms with Gasteiger partial charge in [0.05, 0.1) is 18.1 Å². The van der Waals surface area contributed by atoms with Crippen LogP contribution >= 0.6 is 11.6 Å². The highest BCUT2D eigenvalue weighted by Gasteiger charge is 2.30. The molecule has 3 heterocycles. The molecular weight excluding hydrogens is 378 g/mol. The molecule has 28 heavy (non-hydrogen) atoms. The van der Waals surface area contributed by atoms with Crippen LogP contribution in [0.4, 0.5) is 0 Å². The van der Waals surface area contributed by atoms with Crippen molar-refractivity contribution >= 4 is 28.6 Å². The highest BCUT2D eigenvalue weighted by atomic mass is 35.5. The first-order valence-electron chi connectivity index (χ1n) is 10.2. The molecule has 0 bridgehead atoms. The van der Waals surface area contributed by atoms with E-state index in [1.54, 1.807) is 22.8 Å². The number of carbonyl (C=O) groups is 1. The van der Waals surface area contributed by atoms with Crippen molar-refractivity contribution in [2.24, 2.45) is 11.8 Å². The van der Waals surface area contributed by atoms with E-state index in [0.717, 1.165) is 38.0 Å². The lowest BCUT2D eigenvalue weighted by molar-refractivity contribution is -0.135. The third kappa shape index (κ3) is 3.98. The summed E-state index contributed by atoms with van der Waals surface area (Å²) < 4.78 is 7.11. The Bertz CT molecular complexity index is 911. The Labute approximate surface area is 170 Å². The molecule has 1 aromatic carbocycles. The highest BCUT2D eigenvalue weighted by Crippen LogP contribution is 2.27. The summed E-state index contributed by atoms with van der Waals surface area (Å²) in [6.45, 7) is 8.11. The molecule has 3 atom stereocenters. The number of hydrogen-bond acceptors (Lipinski definition) is 4. The van der Waals surface area contributed by atoms with Gasteiger partial charge in [-0.15, -0.1) is 0 Å². The summed E-state index contributed by atoms with van der Waals surface area (Å²) in [4.78, 5) is 29.5. The summed E-state index contributed by atoms with van der Waals surface area (Å²) in [6, 6.07) is 5.23. The van der Waals surface area contributed by atoms with E-state index < -0.39 is 0 Å². The second kappa shape index (κ2) is 7.91. The average Bonchev–Trinajstić information content (AvgIpc) is 2.96. The summed E-state index contributed by atoms with van der Waals surface area (Å²) in [7, 11) is 0. The maximum Gasteiger partial charge on any atom is 0.420 e. The van der Waals surface area contributed by atoms with Crippen molar-refractivity contribution in [2.75, 3.05) is 32.7 Å². The molecule has 2 aliphatic heterocycles. The Kier molecular flexibility index (Phi) is 5.52. The molecule has 2 saturated heterocycles. The second-order valence-corrected chi connectivity index (χ2v) is 9.06. The van der Waals surface area contributed by atoms with Crippen LogP contribution in [0.1, 0.15) is 39.2 Å². The number of fused-ring (bicyclic) bond motifs is 1. The molecule has 0 unspecified atom stereocenters. The van der Waals surface area contributed by atoms with E-state index in [-0.39, 0.29) is 17.7 Å². The van der Waals surface area contributed by atoms with Gasteiger partial charge in [0.15, 0.2) is 5.58 Å². The average molecular weight is 406 g/mol.